The lowest BCUT2D eigenvalue weighted by molar-refractivity contribution is -0.127. The van der Waals surface area contributed by atoms with E-state index in [0.717, 1.165) is 12.1 Å². The number of carbonyl (C=O) groups is 1. The van der Waals surface area contributed by atoms with Gasteiger partial charge in [-0.25, -0.2) is 0 Å². The molecule has 1 heterocycles. The number of para-hydroxylation sites is 1. The Morgan fingerprint density at radius 3 is 2.67 bits per heavy atom. The number of hydrogen-bond donors (Lipinski definition) is 1. The molecule has 4 nitrogen and oxygen atoms in total. The number of hydrogen-bond acceptors (Lipinski definition) is 3. The van der Waals surface area contributed by atoms with E-state index in [1.165, 1.54) is 5.56 Å². The Morgan fingerprint density at radius 2 is 1.95 bits per heavy atom. The van der Waals surface area contributed by atoms with E-state index in [9.17, 15) is 4.79 Å². The summed E-state index contributed by atoms with van der Waals surface area (Å²) in [5, 5.41) is 3.67. The zero-order chi connectivity index (χ0) is 15.1. The molecule has 0 atom stereocenters. The van der Waals surface area contributed by atoms with Gasteiger partial charge in [0.05, 0.1) is 17.3 Å². The first-order chi connectivity index (χ1) is 10.2. The molecule has 0 unspecified atom stereocenters. The average Bonchev–Trinajstić information content (AvgIpc) is 2.52. The topological polar surface area (TPSA) is 45.2 Å². The number of nitrogens with zero attached hydrogens (tertiary/aromatic N) is 2. The Balaban J connectivity index is 1.79. The SMILES string of the molecule is CN(CCc1ccncc1)C(=O)CNc1ccccc1Cl. The number of anilines is 1. The van der Waals surface area contributed by atoms with Crippen LogP contribution in [0.2, 0.25) is 5.02 Å². The van der Waals surface area contributed by atoms with E-state index in [-0.39, 0.29) is 12.5 Å². The van der Waals surface area contributed by atoms with Crippen LogP contribution in [0.4, 0.5) is 5.69 Å². The average molecular weight is 304 g/mol. The molecule has 110 valence electrons. The molecule has 0 saturated carbocycles. The fourth-order valence-electron chi connectivity index (χ4n) is 1.88. The van der Waals surface area contributed by atoms with Gasteiger partial charge >= 0.3 is 0 Å². The molecule has 21 heavy (non-hydrogen) atoms. The smallest absolute Gasteiger partial charge is 0.241 e. The first-order valence-electron chi connectivity index (χ1n) is 6.78. The van der Waals surface area contributed by atoms with Gasteiger partial charge < -0.3 is 10.2 Å². The monoisotopic (exact) mass is 303 g/mol. The van der Waals surface area contributed by atoms with Gasteiger partial charge in [0.25, 0.3) is 0 Å². The highest BCUT2D eigenvalue weighted by Crippen LogP contribution is 2.19. The van der Waals surface area contributed by atoms with Crippen LogP contribution in [0, 0.1) is 0 Å². The van der Waals surface area contributed by atoms with E-state index in [2.05, 4.69) is 10.3 Å². The number of aromatic nitrogens is 1. The number of benzene rings is 1. The Morgan fingerprint density at radius 1 is 1.24 bits per heavy atom. The summed E-state index contributed by atoms with van der Waals surface area (Å²) in [6.45, 7) is 0.906. The minimum absolute atomic E-state index is 0.0315. The van der Waals surface area contributed by atoms with E-state index in [0.29, 0.717) is 11.6 Å². The van der Waals surface area contributed by atoms with Gasteiger partial charge in [-0.15, -0.1) is 0 Å². The van der Waals surface area contributed by atoms with Crippen molar-refractivity contribution in [3.05, 3.63) is 59.4 Å². The zero-order valence-corrected chi connectivity index (χ0v) is 12.7. The zero-order valence-electron chi connectivity index (χ0n) is 11.9. The molecule has 0 saturated heterocycles. The second kappa shape index (κ2) is 7.64. The van der Waals surface area contributed by atoms with Gasteiger partial charge in [-0.3, -0.25) is 9.78 Å². The van der Waals surface area contributed by atoms with Crippen molar-refractivity contribution in [1.29, 1.82) is 0 Å². The van der Waals surface area contributed by atoms with Crippen LogP contribution < -0.4 is 5.32 Å². The number of halogens is 1. The second-order valence-electron chi connectivity index (χ2n) is 4.75. The summed E-state index contributed by atoms with van der Waals surface area (Å²) >= 11 is 6.04. The minimum Gasteiger partial charge on any atom is -0.375 e. The second-order valence-corrected chi connectivity index (χ2v) is 5.16. The highest BCUT2D eigenvalue weighted by atomic mass is 35.5. The molecule has 0 aliphatic carbocycles. The van der Waals surface area contributed by atoms with Crippen molar-refractivity contribution in [1.82, 2.24) is 9.88 Å². The van der Waals surface area contributed by atoms with E-state index >= 15 is 0 Å². The van der Waals surface area contributed by atoms with Crippen LogP contribution in [-0.4, -0.2) is 35.9 Å². The molecule has 1 aromatic carbocycles. The highest BCUT2D eigenvalue weighted by Gasteiger charge is 2.09. The van der Waals surface area contributed by atoms with E-state index in [1.807, 2.05) is 30.3 Å². The van der Waals surface area contributed by atoms with Gasteiger partial charge in [0.2, 0.25) is 5.91 Å². The van der Waals surface area contributed by atoms with Crippen molar-refractivity contribution in [2.24, 2.45) is 0 Å². The molecule has 1 N–H and O–H groups in total. The van der Waals surface area contributed by atoms with Gasteiger partial charge in [0.15, 0.2) is 0 Å². The van der Waals surface area contributed by atoms with Crippen LogP contribution >= 0.6 is 11.6 Å². The first kappa shape index (κ1) is 15.3. The molecule has 0 radical (unpaired) electrons. The van der Waals surface area contributed by atoms with Crippen molar-refractivity contribution in [2.75, 3.05) is 25.5 Å². The number of amides is 1. The number of rotatable bonds is 6. The van der Waals surface area contributed by atoms with Gasteiger partial charge in [0.1, 0.15) is 0 Å². The van der Waals surface area contributed by atoms with Crippen LogP contribution in [-0.2, 0) is 11.2 Å². The maximum Gasteiger partial charge on any atom is 0.241 e. The molecule has 0 bridgehead atoms. The van der Waals surface area contributed by atoms with E-state index in [4.69, 9.17) is 11.6 Å². The Kier molecular flexibility index (Phi) is 5.58. The molecular formula is C16H18ClN3O. The quantitative estimate of drug-likeness (QED) is 0.892. The predicted molar refractivity (Wildman–Crippen MR) is 85.5 cm³/mol. The lowest BCUT2D eigenvalue weighted by Crippen LogP contribution is -2.33. The van der Waals surface area contributed by atoms with Crippen LogP contribution in [0.1, 0.15) is 5.56 Å². The molecule has 2 rings (SSSR count). The summed E-state index contributed by atoms with van der Waals surface area (Å²) in [5.41, 5.74) is 1.94. The van der Waals surface area contributed by atoms with Crippen LogP contribution in [0.3, 0.4) is 0 Å². The molecular weight excluding hydrogens is 286 g/mol. The van der Waals surface area contributed by atoms with Crippen molar-refractivity contribution in [3.63, 3.8) is 0 Å². The molecule has 1 aromatic heterocycles. The Hall–Kier alpha value is -2.07. The third-order valence-electron chi connectivity index (χ3n) is 3.21. The number of nitrogens with one attached hydrogen (secondary N) is 1. The van der Waals surface area contributed by atoms with Crippen LogP contribution in [0.5, 0.6) is 0 Å². The molecule has 0 spiro atoms. The predicted octanol–water partition coefficient (Wildman–Crippen LogP) is 2.85. The summed E-state index contributed by atoms with van der Waals surface area (Å²) in [6.07, 6.45) is 4.34. The van der Waals surface area contributed by atoms with Gasteiger partial charge in [-0.05, 0) is 36.2 Å². The third kappa shape index (κ3) is 4.76. The van der Waals surface area contributed by atoms with Crippen molar-refractivity contribution < 1.29 is 4.79 Å². The number of likely N-dealkylation sites (N-methyl/N-ethyl adjacent to an activating group) is 1. The van der Waals surface area contributed by atoms with Crippen molar-refractivity contribution in [3.8, 4) is 0 Å². The van der Waals surface area contributed by atoms with Crippen molar-refractivity contribution in [2.45, 2.75) is 6.42 Å². The Bertz CT molecular complexity index is 589. The summed E-state index contributed by atoms with van der Waals surface area (Å²) < 4.78 is 0. The first-order valence-corrected chi connectivity index (χ1v) is 7.16. The normalized spacial score (nSPS) is 10.2. The Labute approximate surface area is 129 Å². The standard InChI is InChI=1S/C16H18ClN3O/c1-20(11-8-13-6-9-18-10-7-13)16(21)12-19-15-5-3-2-4-14(15)17/h2-7,9-10,19H,8,11-12H2,1H3. The molecule has 1 amide bonds. The third-order valence-corrected chi connectivity index (χ3v) is 3.54. The van der Waals surface area contributed by atoms with Crippen molar-refractivity contribution >= 4 is 23.2 Å². The molecule has 2 aromatic rings. The fourth-order valence-corrected chi connectivity index (χ4v) is 2.08. The van der Waals surface area contributed by atoms with Crippen LogP contribution in [0.25, 0.3) is 0 Å². The van der Waals surface area contributed by atoms with Gasteiger partial charge in [-0.2, -0.15) is 0 Å². The lowest BCUT2D eigenvalue weighted by atomic mass is 10.2. The summed E-state index contributed by atoms with van der Waals surface area (Å²) in [4.78, 5) is 17.7. The fraction of sp³-hybridized carbons (Fsp3) is 0.250. The van der Waals surface area contributed by atoms with Gasteiger partial charge in [-0.1, -0.05) is 23.7 Å². The molecule has 5 heteroatoms. The number of pyridine rings is 1. The van der Waals surface area contributed by atoms with E-state index < -0.39 is 0 Å². The number of carbonyl (C=O) groups excluding carboxylic acids is 1. The molecule has 0 aliphatic heterocycles. The summed E-state index contributed by atoms with van der Waals surface area (Å²) in [7, 11) is 1.80. The minimum atomic E-state index is 0.0315. The van der Waals surface area contributed by atoms with E-state index in [1.54, 1.807) is 30.4 Å². The lowest BCUT2D eigenvalue weighted by Gasteiger charge is -2.18. The van der Waals surface area contributed by atoms with Gasteiger partial charge in [0, 0.05) is 26.0 Å². The maximum absolute atomic E-state index is 12.1. The molecule has 0 fully saturated rings. The summed E-state index contributed by atoms with van der Waals surface area (Å²) in [5.74, 6) is 0.0315. The highest BCUT2D eigenvalue weighted by molar-refractivity contribution is 6.33. The molecule has 0 aliphatic rings. The maximum atomic E-state index is 12.1. The van der Waals surface area contributed by atoms with Crippen LogP contribution in [0.15, 0.2) is 48.8 Å². The summed E-state index contributed by atoms with van der Waals surface area (Å²) in [6, 6.07) is 11.3. The largest absolute Gasteiger partial charge is 0.375 e.